The molecule has 0 aliphatic carbocycles. The predicted molar refractivity (Wildman–Crippen MR) is 92.1 cm³/mol. The minimum atomic E-state index is -0.439. The Labute approximate surface area is 136 Å². The maximum absolute atomic E-state index is 11.1. The van der Waals surface area contributed by atoms with E-state index in [1.165, 1.54) is 6.07 Å². The van der Waals surface area contributed by atoms with Crippen LogP contribution in [0.5, 0.6) is 0 Å². The van der Waals surface area contributed by atoms with Crippen LogP contribution in [-0.4, -0.2) is 16.5 Å². The summed E-state index contributed by atoms with van der Waals surface area (Å²) in [6.07, 6.45) is 0.957. The van der Waals surface area contributed by atoms with Gasteiger partial charge in [0.15, 0.2) is 0 Å². The van der Waals surface area contributed by atoms with Crippen LogP contribution in [0.4, 0.5) is 23.0 Å². The summed E-state index contributed by atoms with van der Waals surface area (Å²) in [5, 5.41) is 17.2. The molecule has 0 fully saturated rings. The van der Waals surface area contributed by atoms with E-state index in [2.05, 4.69) is 38.2 Å². The van der Waals surface area contributed by atoms with Gasteiger partial charge in [0.25, 0.3) is 0 Å². The Balaban J connectivity index is 2.29. The minimum Gasteiger partial charge on any atom is -0.370 e. The summed E-state index contributed by atoms with van der Waals surface area (Å²) < 4.78 is 1.10. The highest BCUT2D eigenvalue weighted by molar-refractivity contribution is 14.1. The number of nitrogens with one attached hydrogen (secondary N) is 2. The molecule has 0 aliphatic heterocycles. The van der Waals surface area contributed by atoms with Crippen molar-refractivity contribution in [2.24, 2.45) is 0 Å². The van der Waals surface area contributed by atoms with E-state index in [0.717, 1.165) is 22.2 Å². The molecule has 0 spiro atoms. The van der Waals surface area contributed by atoms with Crippen molar-refractivity contribution < 1.29 is 4.92 Å². The van der Waals surface area contributed by atoms with Gasteiger partial charge < -0.3 is 10.6 Å². The molecule has 6 nitrogen and oxygen atoms in total. The largest absolute Gasteiger partial charge is 0.370 e. The number of pyridine rings is 1. The van der Waals surface area contributed by atoms with Gasteiger partial charge in [0.05, 0.1) is 4.92 Å². The highest BCUT2D eigenvalue weighted by atomic mass is 127. The first-order valence-corrected chi connectivity index (χ1v) is 7.60. The summed E-state index contributed by atoms with van der Waals surface area (Å²) in [7, 11) is 0. The summed E-state index contributed by atoms with van der Waals surface area (Å²) in [6, 6.07) is 10.6. The molecule has 0 atom stereocenters. The zero-order valence-electron chi connectivity index (χ0n) is 11.5. The first kappa shape index (κ1) is 15.5. The number of anilines is 3. The van der Waals surface area contributed by atoms with Crippen LogP contribution in [0.15, 0.2) is 36.4 Å². The normalized spacial score (nSPS) is 10.2. The average Bonchev–Trinajstić information content (AvgIpc) is 2.47. The lowest BCUT2D eigenvalue weighted by Crippen LogP contribution is -2.05. The molecule has 0 saturated carbocycles. The van der Waals surface area contributed by atoms with E-state index < -0.39 is 4.92 Å². The van der Waals surface area contributed by atoms with Crippen LogP contribution in [0.3, 0.4) is 0 Å². The van der Waals surface area contributed by atoms with E-state index in [9.17, 15) is 10.1 Å². The first-order valence-electron chi connectivity index (χ1n) is 6.52. The Kier molecular flexibility index (Phi) is 5.32. The number of nitrogens with zero attached hydrogens (tertiary/aromatic N) is 2. The molecule has 1 aromatic heterocycles. The van der Waals surface area contributed by atoms with Gasteiger partial charge in [-0.05, 0) is 59.3 Å². The van der Waals surface area contributed by atoms with Gasteiger partial charge in [-0.3, -0.25) is 10.1 Å². The number of benzene rings is 1. The molecule has 2 rings (SSSR count). The Morgan fingerprint density at radius 2 is 1.95 bits per heavy atom. The van der Waals surface area contributed by atoms with E-state index in [0.29, 0.717) is 5.82 Å². The predicted octanol–water partition coefficient (Wildman–Crippen LogP) is 4.16. The molecule has 0 aliphatic rings. The van der Waals surface area contributed by atoms with Crippen LogP contribution in [0.2, 0.25) is 0 Å². The second kappa shape index (κ2) is 7.21. The SMILES string of the molecule is CCCNc1ccc([N+](=O)[O-])c(Nc2ccc(I)cc2)n1. The monoisotopic (exact) mass is 398 g/mol. The molecule has 0 radical (unpaired) electrons. The third-order valence-electron chi connectivity index (χ3n) is 2.73. The maximum atomic E-state index is 11.1. The van der Waals surface area contributed by atoms with Crippen molar-refractivity contribution in [3.8, 4) is 0 Å². The number of rotatable bonds is 6. The molecule has 110 valence electrons. The summed E-state index contributed by atoms with van der Waals surface area (Å²) in [5.41, 5.74) is 0.717. The number of hydrogen-bond donors (Lipinski definition) is 2. The Hall–Kier alpha value is -1.90. The molecule has 2 aromatic rings. The van der Waals surface area contributed by atoms with Crippen LogP contribution in [0.1, 0.15) is 13.3 Å². The molecule has 2 N–H and O–H groups in total. The van der Waals surface area contributed by atoms with Gasteiger partial charge in [-0.25, -0.2) is 4.98 Å². The van der Waals surface area contributed by atoms with E-state index >= 15 is 0 Å². The molecule has 1 aromatic carbocycles. The van der Waals surface area contributed by atoms with Gasteiger partial charge in [0, 0.05) is 21.9 Å². The zero-order valence-corrected chi connectivity index (χ0v) is 13.6. The molecular formula is C14H15IN4O2. The van der Waals surface area contributed by atoms with Crippen molar-refractivity contribution in [2.45, 2.75) is 13.3 Å². The Bertz CT molecular complexity index is 631. The molecule has 0 unspecified atom stereocenters. The van der Waals surface area contributed by atoms with Crippen LogP contribution in [0.25, 0.3) is 0 Å². The van der Waals surface area contributed by atoms with E-state index in [1.54, 1.807) is 6.07 Å². The highest BCUT2D eigenvalue weighted by Gasteiger charge is 2.16. The quantitative estimate of drug-likeness (QED) is 0.434. The summed E-state index contributed by atoms with van der Waals surface area (Å²) in [6.45, 7) is 2.82. The topological polar surface area (TPSA) is 80.1 Å². The minimum absolute atomic E-state index is 0.0457. The molecule has 21 heavy (non-hydrogen) atoms. The molecule has 1 heterocycles. The Morgan fingerprint density at radius 1 is 1.24 bits per heavy atom. The van der Waals surface area contributed by atoms with E-state index in [1.807, 2.05) is 31.2 Å². The molecule has 0 bridgehead atoms. The van der Waals surface area contributed by atoms with Crippen LogP contribution in [0, 0.1) is 13.7 Å². The van der Waals surface area contributed by atoms with Crippen molar-refractivity contribution in [2.75, 3.05) is 17.2 Å². The lowest BCUT2D eigenvalue weighted by Gasteiger charge is -2.09. The molecule has 7 heteroatoms. The third kappa shape index (κ3) is 4.28. The van der Waals surface area contributed by atoms with Gasteiger partial charge in [0.2, 0.25) is 5.82 Å². The fourth-order valence-corrected chi connectivity index (χ4v) is 2.07. The van der Waals surface area contributed by atoms with Crippen molar-refractivity contribution in [1.82, 2.24) is 4.98 Å². The summed E-state index contributed by atoms with van der Waals surface area (Å²) in [5.74, 6) is 0.859. The molecular weight excluding hydrogens is 383 g/mol. The summed E-state index contributed by atoms with van der Waals surface area (Å²) in [4.78, 5) is 14.9. The lowest BCUT2D eigenvalue weighted by atomic mass is 10.3. The van der Waals surface area contributed by atoms with Crippen LogP contribution < -0.4 is 10.6 Å². The lowest BCUT2D eigenvalue weighted by molar-refractivity contribution is -0.384. The second-order valence-electron chi connectivity index (χ2n) is 4.38. The summed E-state index contributed by atoms with van der Waals surface area (Å²) >= 11 is 2.20. The smallest absolute Gasteiger partial charge is 0.311 e. The van der Waals surface area contributed by atoms with Gasteiger partial charge in [-0.1, -0.05) is 6.92 Å². The molecule has 0 amide bonds. The van der Waals surface area contributed by atoms with Gasteiger partial charge >= 0.3 is 5.69 Å². The Morgan fingerprint density at radius 3 is 2.57 bits per heavy atom. The average molecular weight is 398 g/mol. The number of hydrogen-bond acceptors (Lipinski definition) is 5. The van der Waals surface area contributed by atoms with E-state index in [4.69, 9.17) is 0 Å². The van der Waals surface area contributed by atoms with E-state index in [-0.39, 0.29) is 11.5 Å². The van der Waals surface area contributed by atoms with Crippen molar-refractivity contribution in [1.29, 1.82) is 0 Å². The van der Waals surface area contributed by atoms with Crippen LogP contribution in [-0.2, 0) is 0 Å². The van der Waals surface area contributed by atoms with Crippen molar-refractivity contribution in [3.05, 3.63) is 50.1 Å². The maximum Gasteiger partial charge on any atom is 0.311 e. The third-order valence-corrected chi connectivity index (χ3v) is 3.45. The zero-order chi connectivity index (χ0) is 15.2. The van der Waals surface area contributed by atoms with Gasteiger partial charge in [-0.2, -0.15) is 0 Å². The standard InChI is InChI=1S/C14H15IN4O2/c1-2-9-16-13-8-7-12(19(20)21)14(18-13)17-11-5-3-10(15)4-6-11/h3-8H,2,9H2,1H3,(H2,16,17,18). The van der Waals surface area contributed by atoms with Crippen molar-refractivity contribution in [3.63, 3.8) is 0 Å². The van der Waals surface area contributed by atoms with Crippen molar-refractivity contribution >= 4 is 45.6 Å². The number of halogens is 1. The number of aromatic nitrogens is 1. The number of nitro groups is 1. The first-order chi connectivity index (χ1) is 10.1. The highest BCUT2D eigenvalue weighted by Crippen LogP contribution is 2.27. The van der Waals surface area contributed by atoms with Crippen LogP contribution >= 0.6 is 22.6 Å². The second-order valence-corrected chi connectivity index (χ2v) is 5.63. The van der Waals surface area contributed by atoms with Gasteiger partial charge in [-0.15, -0.1) is 0 Å². The fraction of sp³-hybridized carbons (Fsp3) is 0.214. The van der Waals surface area contributed by atoms with Gasteiger partial charge in [0.1, 0.15) is 5.82 Å². The molecule has 0 saturated heterocycles. The fourth-order valence-electron chi connectivity index (χ4n) is 1.71.